The van der Waals surface area contributed by atoms with Gasteiger partial charge in [0.2, 0.25) is 11.8 Å². The molecule has 6 nitrogen and oxygen atoms in total. The van der Waals surface area contributed by atoms with Crippen LogP contribution in [0.2, 0.25) is 0 Å². The molecule has 0 spiro atoms. The Balaban J connectivity index is 1.31. The largest absolute Gasteiger partial charge is 0.356 e. The summed E-state index contributed by atoms with van der Waals surface area (Å²) >= 11 is 0. The molecule has 2 fully saturated rings. The van der Waals surface area contributed by atoms with Crippen LogP contribution in [0.3, 0.4) is 0 Å². The van der Waals surface area contributed by atoms with Gasteiger partial charge in [-0.1, -0.05) is 36.4 Å². The Morgan fingerprint density at radius 3 is 2.66 bits per heavy atom. The molecule has 2 aliphatic heterocycles. The average molecular weight is 434 g/mol. The highest BCUT2D eigenvalue weighted by Gasteiger charge is 2.22. The molecule has 4 rings (SSSR count). The number of nitrogens with zero attached hydrogens (tertiary/aromatic N) is 1. The third kappa shape index (κ3) is 5.55. The predicted octanol–water partition coefficient (Wildman–Crippen LogP) is 3.16. The maximum atomic E-state index is 12.6. The Kier molecular flexibility index (Phi) is 7.20. The van der Waals surface area contributed by atoms with Gasteiger partial charge in [0.25, 0.3) is 5.91 Å². The lowest BCUT2D eigenvalue weighted by Gasteiger charge is -2.21. The Morgan fingerprint density at radius 2 is 1.91 bits per heavy atom. The van der Waals surface area contributed by atoms with Crippen molar-refractivity contribution in [3.8, 4) is 11.1 Å². The van der Waals surface area contributed by atoms with Crippen molar-refractivity contribution in [1.29, 1.82) is 0 Å². The molecule has 3 amide bonds. The maximum absolute atomic E-state index is 12.6. The Labute approximate surface area is 189 Å². The predicted molar refractivity (Wildman–Crippen MR) is 124 cm³/mol. The average Bonchev–Trinajstić information content (AvgIpc) is 3.23. The van der Waals surface area contributed by atoms with E-state index < -0.39 is 0 Å². The fourth-order valence-electron chi connectivity index (χ4n) is 4.50. The van der Waals surface area contributed by atoms with Crippen molar-refractivity contribution in [2.45, 2.75) is 38.5 Å². The number of piperidine rings is 1. The number of carbonyl (C=O) groups is 3. The minimum absolute atomic E-state index is 0.0604. The van der Waals surface area contributed by atoms with E-state index in [0.29, 0.717) is 25.1 Å². The van der Waals surface area contributed by atoms with Gasteiger partial charge < -0.3 is 15.5 Å². The van der Waals surface area contributed by atoms with Crippen molar-refractivity contribution in [2.24, 2.45) is 5.92 Å². The van der Waals surface area contributed by atoms with Gasteiger partial charge in [0.1, 0.15) is 0 Å². The number of hydrogen-bond acceptors (Lipinski definition) is 3. The van der Waals surface area contributed by atoms with Gasteiger partial charge in [-0.25, -0.2) is 0 Å². The van der Waals surface area contributed by atoms with Crippen molar-refractivity contribution in [3.63, 3.8) is 0 Å². The molecule has 2 N–H and O–H groups in total. The van der Waals surface area contributed by atoms with E-state index in [0.717, 1.165) is 61.9 Å². The number of rotatable bonds is 8. The van der Waals surface area contributed by atoms with E-state index in [1.807, 2.05) is 29.2 Å². The van der Waals surface area contributed by atoms with Gasteiger partial charge in [-0.15, -0.1) is 0 Å². The molecule has 0 aromatic heterocycles. The van der Waals surface area contributed by atoms with Crippen LogP contribution in [0.5, 0.6) is 0 Å². The van der Waals surface area contributed by atoms with E-state index in [1.54, 1.807) is 0 Å². The first-order valence-electron chi connectivity index (χ1n) is 11.6. The summed E-state index contributed by atoms with van der Waals surface area (Å²) in [6.45, 7) is 2.88. The van der Waals surface area contributed by atoms with E-state index >= 15 is 0 Å². The molecule has 0 bridgehead atoms. The van der Waals surface area contributed by atoms with Crippen molar-refractivity contribution in [2.75, 3.05) is 26.2 Å². The molecule has 0 aliphatic carbocycles. The van der Waals surface area contributed by atoms with E-state index in [-0.39, 0.29) is 23.6 Å². The second-order valence-corrected chi connectivity index (χ2v) is 8.71. The first-order chi connectivity index (χ1) is 15.6. The molecule has 32 heavy (non-hydrogen) atoms. The Morgan fingerprint density at radius 1 is 1.06 bits per heavy atom. The third-order valence-electron chi connectivity index (χ3n) is 6.36. The normalized spacial score (nSPS) is 18.5. The van der Waals surface area contributed by atoms with Gasteiger partial charge >= 0.3 is 0 Å². The fourth-order valence-corrected chi connectivity index (χ4v) is 4.50. The SMILES string of the molecule is O=C(NCCCN1CCCC1=O)c1cccc(-c2ccc(C[C@@H]3CCCNC3=O)cc2)c1. The van der Waals surface area contributed by atoms with E-state index in [9.17, 15) is 14.4 Å². The molecule has 2 aliphatic rings. The summed E-state index contributed by atoms with van der Waals surface area (Å²) in [6.07, 6.45) is 5.10. The van der Waals surface area contributed by atoms with Crippen LogP contribution in [0.4, 0.5) is 0 Å². The number of carbonyl (C=O) groups excluding carboxylic acids is 3. The number of benzene rings is 2. The number of amides is 3. The molecule has 2 heterocycles. The third-order valence-corrected chi connectivity index (χ3v) is 6.36. The molecular formula is C26H31N3O3. The first-order valence-corrected chi connectivity index (χ1v) is 11.6. The zero-order valence-electron chi connectivity index (χ0n) is 18.4. The van der Waals surface area contributed by atoms with Crippen LogP contribution < -0.4 is 10.6 Å². The van der Waals surface area contributed by atoms with Crippen molar-refractivity contribution < 1.29 is 14.4 Å². The summed E-state index contributed by atoms with van der Waals surface area (Å²) < 4.78 is 0. The van der Waals surface area contributed by atoms with E-state index in [2.05, 4.69) is 34.9 Å². The molecule has 6 heteroatoms. The lowest BCUT2D eigenvalue weighted by Crippen LogP contribution is -2.37. The Bertz CT molecular complexity index is 971. The molecule has 0 radical (unpaired) electrons. The topological polar surface area (TPSA) is 78.5 Å². The van der Waals surface area contributed by atoms with Crippen LogP contribution >= 0.6 is 0 Å². The minimum Gasteiger partial charge on any atom is -0.356 e. The molecule has 0 unspecified atom stereocenters. The molecule has 2 saturated heterocycles. The summed E-state index contributed by atoms with van der Waals surface area (Å²) in [5, 5.41) is 5.91. The standard InChI is InChI=1S/C26H31N3O3/c30-24-8-3-15-29(24)16-4-14-28-26(32)23-6-1-5-21(18-23)20-11-9-19(10-12-20)17-22-7-2-13-27-25(22)31/h1,5-6,9-12,18,22H,2-4,7-8,13-17H2,(H,27,31)(H,28,32)/t22-/m0/s1. The van der Waals surface area contributed by atoms with Crippen LogP contribution in [-0.2, 0) is 16.0 Å². The number of hydrogen-bond donors (Lipinski definition) is 2. The van der Waals surface area contributed by atoms with E-state index in [1.165, 1.54) is 0 Å². The van der Waals surface area contributed by atoms with Gasteiger partial charge in [-0.2, -0.15) is 0 Å². The monoisotopic (exact) mass is 433 g/mol. The molecule has 1 atom stereocenters. The highest BCUT2D eigenvalue weighted by Crippen LogP contribution is 2.23. The van der Waals surface area contributed by atoms with Gasteiger partial charge in [0.05, 0.1) is 0 Å². The van der Waals surface area contributed by atoms with Crippen LogP contribution in [0.1, 0.15) is 48.0 Å². The molecule has 0 saturated carbocycles. The van der Waals surface area contributed by atoms with Crippen molar-refractivity contribution in [3.05, 3.63) is 59.7 Å². The van der Waals surface area contributed by atoms with Crippen LogP contribution in [-0.4, -0.2) is 48.8 Å². The number of nitrogens with one attached hydrogen (secondary N) is 2. The van der Waals surface area contributed by atoms with Crippen LogP contribution in [0.25, 0.3) is 11.1 Å². The van der Waals surface area contributed by atoms with Crippen LogP contribution in [0.15, 0.2) is 48.5 Å². The second-order valence-electron chi connectivity index (χ2n) is 8.71. The summed E-state index contributed by atoms with van der Waals surface area (Å²) in [5.74, 6) is 0.341. The molecule has 2 aromatic rings. The number of likely N-dealkylation sites (tertiary alicyclic amines) is 1. The second kappa shape index (κ2) is 10.4. The zero-order chi connectivity index (χ0) is 22.3. The van der Waals surface area contributed by atoms with Gasteiger partial charge in [0.15, 0.2) is 0 Å². The van der Waals surface area contributed by atoms with Crippen molar-refractivity contribution in [1.82, 2.24) is 15.5 Å². The van der Waals surface area contributed by atoms with Gasteiger partial charge in [-0.3, -0.25) is 14.4 Å². The minimum atomic E-state index is -0.0977. The summed E-state index contributed by atoms with van der Waals surface area (Å²) in [4.78, 5) is 38.1. The first kappa shape index (κ1) is 22.1. The van der Waals surface area contributed by atoms with Crippen LogP contribution in [0, 0.1) is 5.92 Å². The summed E-state index contributed by atoms with van der Waals surface area (Å²) in [6, 6.07) is 15.9. The quantitative estimate of drug-likeness (QED) is 0.628. The lowest BCUT2D eigenvalue weighted by molar-refractivity contribution is -0.128. The smallest absolute Gasteiger partial charge is 0.251 e. The lowest BCUT2D eigenvalue weighted by atomic mass is 9.91. The highest BCUT2D eigenvalue weighted by molar-refractivity contribution is 5.95. The molecule has 168 valence electrons. The highest BCUT2D eigenvalue weighted by atomic mass is 16.2. The van der Waals surface area contributed by atoms with E-state index in [4.69, 9.17) is 0 Å². The maximum Gasteiger partial charge on any atom is 0.251 e. The van der Waals surface area contributed by atoms with Crippen molar-refractivity contribution >= 4 is 17.7 Å². The van der Waals surface area contributed by atoms with Gasteiger partial charge in [0, 0.05) is 44.1 Å². The Hall–Kier alpha value is -3.15. The zero-order valence-corrected chi connectivity index (χ0v) is 18.4. The summed E-state index contributed by atoms with van der Waals surface area (Å²) in [7, 11) is 0. The van der Waals surface area contributed by atoms with Gasteiger partial charge in [-0.05, 0) is 60.9 Å². The fraction of sp³-hybridized carbons (Fsp3) is 0.423. The molecule has 2 aromatic carbocycles. The molecular weight excluding hydrogens is 402 g/mol. The summed E-state index contributed by atoms with van der Waals surface area (Å²) in [5.41, 5.74) is 3.81.